The lowest BCUT2D eigenvalue weighted by Crippen LogP contribution is -2.26. The zero-order valence-electron chi connectivity index (χ0n) is 14.5. The highest BCUT2D eigenvalue weighted by atomic mass is 127. The van der Waals surface area contributed by atoms with Gasteiger partial charge in [-0.15, -0.1) is 0 Å². The van der Waals surface area contributed by atoms with Gasteiger partial charge in [0, 0.05) is 9.26 Å². The van der Waals surface area contributed by atoms with Crippen molar-refractivity contribution in [2.45, 2.75) is 19.8 Å². The highest BCUT2D eigenvalue weighted by Gasteiger charge is 2.24. The van der Waals surface area contributed by atoms with E-state index in [1.54, 1.807) is 0 Å². The standard InChI is InChI=1S/C19H17FIN3O3/c1-10-6-12(21)4-5-14(10)23-17-13(19(25)24-27-8-11-2-3-11)7-15-18(16(17)20)26-9-22-15/h4-7,9,11,23H,2-3,8H2,1H3,(H,24,25). The SMILES string of the molecule is Cc1cc(I)ccc1Nc1c(C(=O)NOCC2CC2)cc2ncoc2c1F. The molecule has 0 radical (unpaired) electrons. The fourth-order valence-corrected chi connectivity index (χ4v) is 3.38. The van der Waals surface area contributed by atoms with Crippen LogP contribution in [0.15, 0.2) is 35.1 Å². The molecule has 0 atom stereocenters. The van der Waals surface area contributed by atoms with Crippen molar-refractivity contribution in [1.82, 2.24) is 10.5 Å². The molecule has 1 heterocycles. The van der Waals surface area contributed by atoms with Gasteiger partial charge in [0.2, 0.25) is 0 Å². The van der Waals surface area contributed by atoms with E-state index in [2.05, 4.69) is 38.4 Å². The number of fused-ring (bicyclic) bond motifs is 1. The number of rotatable bonds is 6. The number of carbonyl (C=O) groups excluding carboxylic acids is 1. The molecule has 0 unspecified atom stereocenters. The number of nitrogens with zero attached hydrogens (tertiary/aromatic N) is 1. The van der Waals surface area contributed by atoms with Gasteiger partial charge in [0.1, 0.15) is 5.52 Å². The van der Waals surface area contributed by atoms with Crippen molar-refractivity contribution in [1.29, 1.82) is 0 Å². The minimum absolute atomic E-state index is 0.00360. The molecule has 0 bridgehead atoms. The first kappa shape index (κ1) is 18.2. The molecule has 2 aromatic carbocycles. The van der Waals surface area contributed by atoms with Crippen LogP contribution in [0.4, 0.5) is 15.8 Å². The third-order valence-electron chi connectivity index (χ3n) is 4.44. The summed E-state index contributed by atoms with van der Waals surface area (Å²) in [5.74, 6) is -0.715. The predicted octanol–water partition coefficient (Wildman–Crippen LogP) is 4.69. The van der Waals surface area contributed by atoms with Gasteiger partial charge in [-0.2, -0.15) is 0 Å². The van der Waals surface area contributed by atoms with Crippen LogP contribution in [0.1, 0.15) is 28.8 Å². The third kappa shape index (κ3) is 3.91. The van der Waals surface area contributed by atoms with Crippen LogP contribution in [-0.2, 0) is 4.84 Å². The Bertz CT molecular complexity index is 1020. The summed E-state index contributed by atoms with van der Waals surface area (Å²) in [7, 11) is 0. The van der Waals surface area contributed by atoms with Gasteiger partial charge in [-0.1, -0.05) is 0 Å². The number of halogens is 2. The fourth-order valence-electron chi connectivity index (χ4n) is 2.73. The van der Waals surface area contributed by atoms with Crippen molar-refractivity contribution in [3.63, 3.8) is 0 Å². The largest absolute Gasteiger partial charge is 0.440 e. The Morgan fingerprint density at radius 1 is 1.41 bits per heavy atom. The number of oxazole rings is 1. The second kappa shape index (κ2) is 7.43. The topological polar surface area (TPSA) is 76.4 Å². The summed E-state index contributed by atoms with van der Waals surface area (Å²) in [6.45, 7) is 2.37. The molecule has 0 spiro atoms. The van der Waals surface area contributed by atoms with E-state index >= 15 is 4.39 Å². The zero-order chi connectivity index (χ0) is 19.0. The van der Waals surface area contributed by atoms with E-state index in [0.717, 1.165) is 28.4 Å². The predicted molar refractivity (Wildman–Crippen MR) is 107 cm³/mol. The van der Waals surface area contributed by atoms with E-state index in [-0.39, 0.29) is 22.4 Å². The number of nitrogens with one attached hydrogen (secondary N) is 2. The van der Waals surface area contributed by atoms with Crippen LogP contribution in [0.5, 0.6) is 0 Å². The zero-order valence-corrected chi connectivity index (χ0v) is 16.7. The summed E-state index contributed by atoms with van der Waals surface area (Å²) in [4.78, 5) is 21.8. The van der Waals surface area contributed by atoms with Gasteiger partial charge in [0.25, 0.3) is 5.91 Å². The molecular formula is C19H17FIN3O3. The minimum atomic E-state index is -0.671. The van der Waals surface area contributed by atoms with Gasteiger partial charge in [0.05, 0.1) is 17.9 Å². The summed E-state index contributed by atoms with van der Waals surface area (Å²) < 4.78 is 21.3. The van der Waals surface area contributed by atoms with Crippen molar-refractivity contribution in [3.8, 4) is 0 Å². The molecule has 8 heteroatoms. The molecule has 2 N–H and O–H groups in total. The van der Waals surface area contributed by atoms with Crippen LogP contribution >= 0.6 is 22.6 Å². The molecule has 140 valence electrons. The van der Waals surface area contributed by atoms with Crippen molar-refractivity contribution in [2.75, 3.05) is 11.9 Å². The number of benzene rings is 2. The summed E-state index contributed by atoms with van der Waals surface area (Å²) in [6, 6.07) is 7.19. The van der Waals surface area contributed by atoms with Crippen molar-refractivity contribution >= 4 is 51.0 Å². The Hall–Kier alpha value is -2.20. The first-order valence-electron chi connectivity index (χ1n) is 8.54. The van der Waals surface area contributed by atoms with Gasteiger partial charge in [-0.25, -0.2) is 14.9 Å². The third-order valence-corrected chi connectivity index (χ3v) is 5.11. The molecule has 6 nitrogen and oxygen atoms in total. The number of carbonyl (C=O) groups is 1. The molecule has 1 fully saturated rings. The Morgan fingerprint density at radius 2 is 2.22 bits per heavy atom. The lowest BCUT2D eigenvalue weighted by atomic mass is 10.1. The number of hydrogen-bond donors (Lipinski definition) is 2. The summed E-state index contributed by atoms with van der Waals surface area (Å²) >= 11 is 2.21. The lowest BCUT2D eigenvalue weighted by Gasteiger charge is -2.15. The Kier molecular flexibility index (Phi) is 5.00. The molecular weight excluding hydrogens is 464 g/mol. The molecule has 1 aliphatic rings. The number of amides is 1. The maximum absolute atomic E-state index is 15.1. The number of aryl methyl sites for hydroxylation is 1. The van der Waals surface area contributed by atoms with Crippen LogP contribution in [-0.4, -0.2) is 17.5 Å². The lowest BCUT2D eigenvalue weighted by molar-refractivity contribution is 0.0271. The van der Waals surface area contributed by atoms with Crippen LogP contribution in [0.2, 0.25) is 0 Å². The smallest absolute Gasteiger partial charge is 0.277 e. The highest BCUT2D eigenvalue weighted by molar-refractivity contribution is 14.1. The highest BCUT2D eigenvalue weighted by Crippen LogP contribution is 2.32. The molecule has 27 heavy (non-hydrogen) atoms. The van der Waals surface area contributed by atoms with E-state index in [1.807, 2.05) is 25.1 Å². The van der Waals surface area contributed by atoms with Crippen LogP contribution < -0.4 is 10.8 Å². The molecule has 1 saturated carbocycles. The number of aromatic nitrogens is 1. The fraction of sp³-hybridized carbons (Fsp3) is 0.263. The average molecular weight is 481 g/mol. The maximum atomic E-state index is 15.1. The summed E-state index contributed by atoms with van der Waals surface area (Å²) in [5.41, 5.74) is 4.41. The van der Waals surface area contributed by atoms with E-state index in [4.69, 9.17) is 9.25 Å². The minimum Gasteiger partial charge on any atom is -0.440 e. The van der Waals surface area contributed by atoms with E-state index in [0.29, 0.717) is 18.2 Å². The maximum Gasteiger partial charge on any atom is 0.277 e. The molecule has 1 aliphatic carbocycles. The second-order valence-electron chi connectivity index (χ2n) is 6.58. The number of anilines is 2. The molecule has 0 saturated heterocycles. The van der Waals surface area contributed by atoms with Crippen LogP contribution in [0.3, 0.4) is 0 Å². The van der Waals surface area contributed by atoms with E-state index < -0.39 is 11.7 Å². The van der Waals surface area contributed by atoms with Gasteiger partial charge in [0.15, 0.2) is 17.8 Å². The molecule has 1 amide bonds. The number of hydrogen-bond acceptors (Lipinski definition) is 5. The first-order chi connectivity index (χ1) is 13.0. The monoisotopic (exact) mass is 481 g/mol. The first-order valence-corrected chi connectivity index (χ1v) is 9.62. The Labute approximate surface area is 168 Å². The number of hydroxylamine groups is 1. The molecule has 4 rings (SSSR count). The second-order valence-corrected chi connectivity index (χ2v) is 7.83. The van der Waals surface area contributed by atoms with E-state index in [9.17, 15) is 4.79 Å². The van der Waals surface area contributed by atoms with Crippen molar-refractivity contribution in [3.05, 3.63) is 51.2 Å². The van der Waals surface area contributed by atoms with Gasteiger partial charge < -0.3 is 9.73 Å². The van der Waals surface area contributed by atoms with Gasteiger partial charge >= 0.3 is 0 Å². The molecule has 1 aromatic heterocycles. The Balaban J connectivity index is 1.69. The average Bonchev–Trinajstić information content (AvgIpc) is 3.33. The van der Waals surface area contributed by atoms with Crippen molar-refractivity contribution < 1.29 is 18.4 Å². The van der Waals surface area contributed by atoms with Crippen molar-refractivity contribution in [2.24, 2.45) is 5.92 Å². The summed E-state index contributed by atoms with van der Waals surface area (Å²) in [6.07, 6.45) is 3.36. The molecule has 0 aliphatic heterocycles. The van der Waals surface area contributed by atoms with E-state index in [1.165, 1.54) is 6.07 Å². The molecule has 3 aromatic rings. The normalized spacial score (nSPS) is 13.7. The van der Waals surface area contributed by atoms with Gasteiger partial charge in [-0.3, -0.25) is 9.63 Å². The van der Waals surface area contributed by atoms with Crippen LogP contribution in [0.25, 0.3) is 11.1 Å². The quantitative estimate of drug-likeness (QED) is 0.395. The Morgan fingerprint density at radius 3 is 2.96 bits per heavy atom. The summed E-state index contributed by atoms with van der Waals surface area (Å²) in [5, 5.41) is 3.03. The van der Waals surface area contributed by atoms with Crippen LogP contribution in [0, 0.1) is 22.2 Å². The van der Waals surface area contributed by atoms with Gasteiger partial charge in [-0.05, 0) is 78.1 Å².